The van der Waals surface area contributed by atoms with E-state index < -0.39 is 10.0 Å². The number of sulfonamides is 1. The van der Waals surface area contributed by atoms with Crippen LogP contribution in [0.5, 0.6) is 0 Å². The summed E-state index contributed by atoms with van der Waals surface area (Å²) in [6, 6.07) is 16.5. The molecule has 7 nitrogen and oxygen atoms in total. The monoisotopic (exact) mass is 453 g/mol. The summed E-state index contributed by atoms with van der Waals surface area (Å²) in [6.45, 7) is 2.47. The van der Waals surface area contributed by atoms with Gasteiger partial charge in [0.2, 0.25) is 5.91 Å². The van der Waals surface area contributed by atoms with Crippen LogP contribution in [0, 0.1) is 0 Å². The van der Waals surface area contributed by atoms with Crippen molar-refractivity contribution in [2.75, 3.05) is 13.6 Å². The molecule has 1 amide bonds. The zero-order valence-corrected chi connectivity index (χ0v) is 19.1. The number of para-hydroxylation sites is 1. The smallest absolute Gasteiger partial charge is 0.263 e. The second kappa shape index (κ2) is 9.16. The fraction of sp³-hybridized carbons (Fsp3) is 0.333. The summed E-state index contributed by atoms with van der Waals surface area (Å²) in [5.74, 6) is 1.25. The van der Waals surface area contributed by atoms with Crippen molar-refractivity contribution in [3.05, 3.63) is 65.9 Å². The molecule has 0 bridgehead atoms. The van der Waals surface area contributed by atoms with Gasteiger partial charge in [-0.05, 0) is 44.0 Å². The Labute approximate surface area is 188 Å². The summed E-state index contributed by atoms with van der Waals surface area (Å²) >= 11 is 0. The average molecular weight is 454 g/mol. The van der Waals surface area contributed by atoms with Gasteiger partial charge in [0.15, 0.2) is 0 Å². The van der Waals surface area contributed by atoms with Gasteiger partial charge in [0.25, 0.3) is 10.0 Å². The summed E-state index contributed by atoms with van der Waals surface area (Å²) in [4.78, 5) is 19.0. The second-order valence-corrected chi connectivity index (χ2v) is 9.66. The average Bonchev–Trinajstić information content (AvgIpc) is 3.34. The van der Waals surface area contributed by atoms with Gasteiger partial charge in [0.1, 0.15) is 17.2 Å². The van der Waals surface area contributed by atoms with E-state index >= 15 is 0 Å². The van der Waals surface area contributed by atoms with E-state index in [9.17, 15) is 13.2 Å². The van der Waals surface area contributed by atoms with E-state index in [0.717, 1.165) is 36.0 Å². The van der Waals surface area contributed by atoms with Crippen LogP contribution in [0.3, 0.4) is 0 Å². The number of carbonyl (C=O) groups excluding carboxylic acids is 1. The maximum absolute atomic E-state index is 12.6. The van der Waals surface area contributed by atoms with E-state index in [1.54, 1.807) is 36.2 Å². The molecule has 3 aromatic rings. The third-order valence-corrected chi connectivity index (χ3v) is 7.21. The lowest BCUT2D eigenvalue weighted by Crippen LogP contribution is -2.29. The van der Waals surface area contributed by atoms with E-state index in [0.29, 0.717) is 24.4 Å². The van der Waals surface area contributed by atoms with Crippen molar-refractivity contribution >= 4 is 32.7 Å². The van der Waals surface area contributed by atoms with Crippen LogP contribution in [0.4, 0.5) is 0 Å². The van der Waals surface area contributed by atoms with E-state index in [1.807, 2.05) is 37.3 Å². The predicted octanol–water partition coefficient (Wildman–Crippen LogP) is 4.25. The third kappa shape index (κ3) is 4.55. The van der Waals surface area contributed by atoms with Gasteiger partial charge < -0.3 is 9.32 Å². The molecule has 0 fully saturated rings. The van der Waals surface area contributed by atoms with Crippen LogP contribution in [0.15, 0.2) is 68.9 Å². The van der Waals surface area contributed by atoms with Crippen LogP contribution in [0.2, 0.25) is 0 Å². The van der Waals surface area contributed by atoms with Crippen molar-refractivity contribution in [2.24, 2.45) is 4.99 Å². The minimum Gasteiger partial charge on any atom is -0.459 e. The number of amidine groups is 1. The van der Waals surface area contributed by atoms with Crippen LogP contribution < -0.4 is 4.72 Å². The number of amides is 1. The molecule has 4 rings (SSSR count). The highest BCUT2D eigenvalue weighted by atomic mass is 32.2. The van der Waals surface area contributed by atoms with E-state index in [4.69, 9.17) is 4.42 Å². The lowest BCUT2D eigenvalue weighted by Gasteiger charge is -2.23. The number of nitrogens with zero attached hydrogens (tertiary/aromatic N) is 2. The number of hydrogen-bond acceptors (Lipinski definition) is 5. The molecule has 1 unspecified atom stereocenters. The van der Waals surface area contributed by atoms with Gasteiger partial charge in [-0.25, -0.2) is 8.42 Å². The molecule has 0 saturated carbocycles. The Kier molecular flexibility index (Phi) is 6.32. The van der Waals surface area contributed by atoms with Crippen LogP contribution in [-0.2, 0) is 14.8 Å². The van der Waals surface area contributed by atoms with Crippen molar-refractivity contribution < 1.29 is 17.6 Å². The highest BCUT2D eigenvalue weighted by Gasteiger charge is 2.29. The van der Waals surface area contributed by atoms with Crippen LogP contribution in [0.1, 0.15) is 50.0 Å². The number of furan rings is 1. The first-order chi connectivity index (χ1) is 15.4. The predicted molar refractivity (Wildman–Crippen MR) is 124 cm³/mol. The van der Waals surface area contributed by atoms with Gasteiger partial charge in [0, 0.05) is 31.0 Å². The summed E-state index contributed by atoms with van der Waals surface area (Å²) in [5.41, 5.74) is 1.44. The standard InChI is InChI=1S/C24H27N3O4S/c1-17(21-16-18-10-5-7-12-20(18)31-21)27(2)23(28)14-4-3-9-15-25-24-19-11-6-8-13-22(19)32(29,30)26-24/h5-8,10-13,16-17H,3-4,9,14-15H2,1-2H3,(H,25,26). The molecule has 1 aromatic heterocycles. The summed E-state index contributed by atoms with van der Waals surface area (Å²) < 4.78 is 32.6. The van der Waals surface area contributed by atoms with Gasteiger partial charge in [0.05, 0.1) is 10.9 Å². The van der Waals surface area contributed by atoms with E-state index in [-0.39, 0.29) is 16.8 Å². The third-order valence-electron chi connectivity index (χ3n) is 5.81. The van der Waals surface area contributed by atoms with Crippen molar-refractivity contribution in [3.8, 4) is 0 Å². The van der Waals surface area contributed by atoms with Gasteiger partial charge >= 0.3 is 0 Å². The number of benzene rings is 2. The molecule has 0 radical (unpaired) electrons. The fourth-order valence-electron chi connectivity index (χ4n) is 3.80. The van der Waals surface area contributed by atoms with E-state index in [1.165, 1.54) is 0 Å². The number of nitrogens with one attached hydrogen (secondary N) is 1. The molecule has 1 aliphatic rings. The Morgan fingerprint density at radius 3 is 2.66 bits per heavy atom. The minimum atomic E-state index is -3.50. The largest absolute Gasteiger partial charge is 0.459 e. The molecule has 1 N–H and O–H groups in total. The lowest BCUT2D eigenvalue weighted by atomic mass is 10.1. The summed E-state index contributed by atoms with van der Waals surface area (Å²) in [5, 5.41) is 1.03. The zero-order valence-electron chi connectivity index (χ0n) is 18.2. The number of rotatable bonds is 8. The molecule has 32 heavy (non-hydrogen) atoms. The van der Waals surface area contributed by atoms with Crippen LogP contribution >= 0.6 is 0 Å². The fourth-order valence-corrected chi connectivity index (χ4v) is 5.05. The normalized spacial score (nSPS) is 16.6. The first-order valence-electron chi connectivity index (χ1n) is 10.8. The molecular formula is C24H27N3O4S. The molecule has 0 aliphatic carbocycles. The van der Waals surface area contributed by atoms with Gasteiger partial charge in [-0.2, -0.15) is 0 Å². The number of carbonyl (C=O) groups is 1. The van der Waals surface area contributed by atoms with Crippen molar-refractivity contribution in [2.45, 2.75) is 43.5 Å². The Morgan fingerprint density at radius 2 is 1.84 bits per heavy atom. The van der Waals surface area contributed by atoms with Crippen LogP contribution in [0.25, 0.3) is 11.0 Å². The maximum atomic E-state index is 12.6. The zero-order chi connectivity index (χ0) is 22.7. The maximum Gasteiger partial charge on any atom is 0.263 e. The highest BCUT2D eigenvalue weighted by molar-refractivity contribution is 7.90. The molecule has 1 atom stereocenters. The van der Waals surface area contributed by atoms with Gasteiger partial charge in [-0.3, -0.25) is 14.5 Å². The number of aliphatic imine (C=N–C) groups is 1. The van der Waals surface area contributed by atoms with Gasteiger partial charge in [-0.1, -0.05) is 36.8 Å². The number of unbranched alkanes of at least 4 members (excludes halogenated alkanes) is 2. The summed E-state index contributed by atoms with van der Waals surface area (Å²) in [6.07, 6.45) is 2.82. The first kappa shape index (κ1) is 22.1. The van der Waals surface area contributed by atoms with Crippen LogP contribution in [-0.4, -0.2) is 38.7 Å². The van der Waals surface area contributed by atoms with Crippen molar-refractivity contribution in [1.29, 1.82) is 0 Å². The molecule has 1 aliphatic heterocycles. The number of fused-ring (bicyclic) bond motifs is 2. The Morgan fingerprint density at radius 1 is 1.09 bits per heavy atom. The molecule has 0 spiro atoms. The Hall–Kier alpha value is -3.13. The quantitative estimate of drug-likeness (QED) is 0.516. The van der Waals surface area contributed by atoms with E-state index in [2.05, 4.69) is 9.71 Å². The highest BCUT2D eigenvalue weighted by Crippen LogP contribution is 2.27. The van der Waals surface area contributed by atoms with Gasteiger partial charge in [-0.15, -0.1) is 0 Å². The molecule has 2 heterocycles. The van der Waals surface area contributed by atoms with Crippen molar-refractivity contribution in [1.82, 2.24) is 9.62 Å². The molecule has 0 saturated heterocycles. The topological polar surface area (TPSA) is 92.0 Å². The van der Waals surface area contributed by atoms with Crippen molar-refractivity contribution in [3.63, 3.8) is 0 Å². The second-order valence-electron chi connectivity index (χ2n) is 8.01. The SMILES string of the molecule is CC(c1cc2ccccc2o1)N(C)C(=O)CCCCCN=C1NS(=O)(=O)c2ccccc21. The molecule has 2 aromatic carbocycles. The molecular weight excluding hydrogens is 426 g/mol. The first-order valence-corrected chi connectivity index (χ1v) is 12.3. The number of hydrogen-bond donors (Lipinski definition) is 1. The minimum absolute atomic E-state index is 0.0711. The molecule has 168 valence electrons. The summed E-state index contributed by atoms with van der Waals surface area (Å²) in [7, 11) is -1.70. The Bertz CT molecular complexity index is 1230. The Balaban J connectivity index is 1.23. The lowest BCUT2D eigenvalue weighted by molar-refractivity contribution is -0.132. The molecule has 8 heteroatoms.